The van der Waals surface area contributed by atoms with Gasteiger partial charge >= 0.3 is 0 Å². The van der Waals surface area contributed by atoms with Gasteiger partial charge in [-0.2, -0.15) is 10.1 Å². The van der Waals surface area contributed by atoms with E-state index in [1.54, 1.807) is 17.5 Å². The molecule has 0 aromatic carbocycles. The van der Waals surface area contributed by atoms with Crippen LogP contribution in [-0.2, 0) is 0 Å². The van der Waals surface area contributed by atoms with E-state index in [9.17, 15) is 0 Å². The molecule has 4 nitrogen and oxygen atoms in total. The molecule has 0 aliphatic rings. The summed E-state index contributed by atoms with van der Waals surface area (Å²) in [5.74, 6) is 0. The minimum atomic E-state index is 0.234. The number of thiophene rings is 1. The Morgan fingerprint density at radius 3 is 2.94 bits per heavy atom. The van der Waals surface area contributed by atoms with Crippen LogP contribution in [0.4, 0.5) is 0 Å². The lowest BCUT2D eigenvalue weighted by atomic mass is 10.2. The smallest absolute Gasteiger partial charge is 0.225 e. The van der Waals surface area contributed by atoms with Crippen LogP contribution in [0.2, 0.25) is 5.28 Å². The number of fused-ring (bicyclic) bond motifs is 1. The highest BCUT2D eigenvalue weighted by Crippen LogP contribution is 2.31. The molecule has 0 atom stereocenters. The first-order chi connectivity index (χ1) is 7.74. The summed E-state index contributed by atoms with van der Waals surface area (Å²) in [6, 6.07) is 4.09. The van der Waals surface area contributed by atoms with Crippen molar-refractivity contribution in [3.63, 3.8) is 0 Å². The molecule has 0 unspecified atom stereocenters. The molecule has 0 amide bonds. The highest BCUT2D eigenvalue weighted by molar-refractivity contribution is 7.15. The minimum absolute atomic E-state index is 0.234. The third kappa shape index (κ3) is 1.48. The Labute approximate surface area is 100 Å². The van der Waals surface area contributed by atoms with Crippen LogP contribution in [0.1, 0.15) is 4.88 Å². The molecule has 6 heteroatoms. The molecule has 3 aromatic rings. The SMILES string of the molecule is Cc1ccc(-c2nc(Cl)nc3[nH]ncc23)s1. The molecular formula is C10H7ClN4S. The number of aromatic nitrogens is 4. The molecule has 3 rings (SSSR count). The third-order valence-corrected chi connectivity index (χ3v) is 3.43. The number of halogens is 1. The second-order valence-electron chi connectivity index (χ2n) is 3.38. The van der Waals surface area contributed by atoms with Gasteiger partial charge in [-0.3, -0.25) is 5.10 Å². The molecule has 0 bridgehead atoms. The molecule has 0 aliphatic carbocycles. The summed E-state index contributed by atoms with van der Waals surface area (Å²) >= 11 is 7.55. The fraction of sp³-hybridized carbons (Fsp3) is 0.100. The summed E-state index contributed by atoms with van der Waals surface area (Å²) in [5.41, 5.74) is 1.50. The quantitative estimate of drug-likeness (QED) is 0.676. The van der Waals surface area contributed by atoms with Crippen LogP contribution >= 0.6 is 22.9 Å². The van der Waals surface area contributed by atoms with Crippen molar-refractivity contribution in [1.29, 1.82) is 0 Å². The van der Waals surface area contributed by atoms with Gasteiger partial charge in [0.2, 0.25) is 5.28 Å². The Morgan fingerprint density at radius 2 is 2.19 bits per heavy atom. The molecule has 16 heavy (non-hydrogen) atoms. The number of H-pyrrole nitrogens is 1. The monoisotopic (exact) mass is 250 g/mol. The van der Waals surface area contributed by atoms with E-state index < -0.39 is 0 Å². The van der Waals surface area contributed by atoms with E-state index in [0.717, 1.165) is 16.0 Å². The van der Waals surface area contributed by atoms with Crippen molar-refractivity contribution in [3.05, 3.63) is 28.5 Å². The van der Waals surface area contributed by atoms with Gasteiger partial charge in [0.05, 0.1) is 22.2 Å². The number of rotatable bonds is 1. The van der Waals surface area contributed by atoms with E-state index in [1.807, 2.05) is 6.07 Å². The first-order valence-corrected chi connectivity index (χ1v) is 5.87. The summed E-state index contributed by atoms with van der Waals surface area (Å²) < 4.78 is 0. The Morgan fingerprint density at radius 1 is 1.31 bits per heavy atom. The van der Waals surface area contributed by atoms with E-state index in [1.165, 1.54) is 4.88 Å². The number of hydrogen-bond acceptors (Lipinski definition) is 4. The topological polar surface area (TPSA) is 54.5 Å². The molecule has 3 aromatic heterocycles. The Kier molecular flexibility index (Phi) is 2.15. The van der Waals surface area contributed by atoms with Gasteiger partial charge in [-0.1, -0.05) is 0 Å². The molecule has 0 radical (unpaired) electrons. The molecule has 80 valence electrons. The average molecular weight is 251 g/mol. The van der Waals surface area contributed by atoms with Crippen molar-refractivity contribution in [2.75, 3.05) is 0 Å². The second-order valence-corrected chi connectivity index (χ2v) is 5.01. The largest absolute Gasteiger partial charge is 0.261 e. The van der Waals surface area contributed by atoms with Crippen molar-refractivity contribution >= 4 is 34.0 Å². The lowest BCUT2D eigenvalue weighted by molar-refractivity contribution is 1.09. The lowest BCUT2D eigenvalue weighted by Gasteiger charge is -1.98. The number of aromatic amines is 1. The first-order valence-electron chi connectivity index (χ1n) is 4.67. The molecule has 0 aliphatic heterocycles. The van der Waals surface area contributed by atoms with Gasteiger partial charge in [-0.05, 0) is 30.7 Å². The fourth-order valence-corrected chi connectivity index (χ4v) is 2.60. The Balaban J connectivity index is 2.33. The minimum Gasteiger partial charge on any atom is -0.261 e. The summed E-state index contributed by atoms with van der Waals surface area (Å²) in [6.45, 7) is 2.06. The van der Waals surface area contributed by atoms with Crippen LogP contribution in [0.3, 0.4) is 0 Å². The van der Waals surface area contributed by atoms with Crippen molar-refractivity contribution in [2.24, 2.45) is 0 Å². The highest BCUT2D eigenvalue weighted by atomic mass is 35.5. The maximum Gasteiger partial charge on any atom is 0.225 e. The average Bonchev–Trinajstić information content (AvgIpc) is 2.84. The second kappa shape index (κ2) is 3.54. The van der Waals surface area contributed by atoms with Gasteiger partial charge < -0.3 is 0 Å². The summed E-state index contributed by atoms with van der Waals surface area (Å²) in [7, 11) is 0. The standard InChI is InChI=1S/C10H7ClN4S/c1-5-2-3-7(16-5)8-6-4-12-15-9(6)14-10(11)13-8/h2-4H,1H3,(H,12,13,14,15). The molecule has 0 spiro atoms. The third-order valence-electron chi connectivity index (χ3n) is 2.26. The highest BCUT2D eigenvalue weighted by Gasteiger charge is 2.11. The van der Waals surface area contributed by atoms with E-state index in [4.69, 9.17) is 11.6 Å². The van der Waals surface area contributed by atoms with E-state index in [0.29, 0.717) is 5.65 Å². The van der Waals surface area contributed by atoms with Crippen molar-refractivity contribution in [2.45, 2.75) is 6.92 Å². The van der Waals surface area contributed by atoms with Crippen LogP contribution in [0, 0.1) is 6.92 Å². The van der Waals surface area contributed by atoms with Crippen molar-refractivity contribution in [1.82, 2.24) is 20.2 Å². The van der Waals surface area contributed by atoms with Gasteiger partial charge in [0, 0.05) is 4.88 Å². The summed E-state index contributed by atoms with van der Waals surface area (Å²) in [5, 5.41) is 7.88. The molecule has 0 saturated carbocycles. The van der Waals surface area contributed by atoms with Crippen LogP contribution in [0.15, 0.2) is 18.3 Å². The predicted molar refractivity (Wildman–Crippen MR) is 64.7 cm³/mol. The van der Waals surface area contributed by atoms with Crippen LogP contribution in [-0.4, -0.2) is 20.2 Å². The first kappa shape index (κ1) is 9.74. The van der Waals surface area contributed by atoms with E-state index in [2.05, 4.69) is 33.2 Å². The van der Waals surface area contributed by atoms with Gasteiger partial charge in [-0.15, -0.1) is 11.3 Å². The van der Waals surface area contributed by atoms with E-state index >= 15 is 0 Å². The van der Waals surface area contributed by atoms with Crippen LogP contribution < -0.4 is 0 Å². The van der Waals surface area contributed by atoms with Crippen LogP contribution in [0.25, 0.3) is 21.6 Å². The molecular weight excluding hydrogens is 244 g/mol. The van der Waals surface area contributed by atoms with E-state index in [-0.39, 0.29) is 5.28 Å². The molecule has 0 saturated heterocycles. The Hall–Kier alpha value is -1.46. The number of nitrogens with one attached hydrogen (secondary N) is 1. The predicted octanol–water partition coefficient (Wildman–Crippen LogP) is 3.04. The molecule has 1 N–H and O–H groups in total. The fourth-order valence-electron chi connectivity index (χ4n) is 1.56. The number of aryl methyl sites for hydroxylation is 1. The van der Waals surface area contributed by atoms with Crippen molar-refractivity contribution in [3.8, 4) is 10.6 Å². The normalized spacial score (nSPS) is 11.1. The van der Waals surface area contributed by atoms with Gasteiger partial charge in [-0.25, -0.2) is 4.98 Å². The zero-order chi connectivity index (χ0) is 11.1. The van der Waals surface area contributed by atoms with Gasteiger partial charge in [0.25, 0.3) is 0 Å². The summed E-state index contributed by atoms with van der Waals surface area (Å²) in [4.78, 5) is 10.6. The number of hydrogen-bond donors (Lipinski definition) is 1. The van der Waals surface area contributed by atoms with Crippen LogP contribution in [0.5, 0.6) is 0 Å². The number of nitrogens with zero attached hydrogens (tertiary/aromatic N) is 3. The maximum atomic E-state index is 5.87. The maximum absolute atomic E-state index is 5.87. The van der Waals surface area contributed by atoms with Gasteiger partial charge in [0.1, 0.15) is 0 Å². The summed E-state index contributed by atoms with van der Waals surface area (Å²) in [6.07, 6.45) is 1.72. The molecule has 3 heterocycles. The Bertz CT molecular complexity index is 658. The zero-order valence-corrected chi connectivity index (χ0v) is 9.93. The zero-order valence-electron chi connectivity index (χ0n) is 8.36. The molecule has 0 fully saturated rings. The van der Waals surface area contributed by atoms with Crippen molar-refractivity contribution < 1.29 is 0 Å². The lowest BCUT2D eigenvalue weighted by Crippen LogP contribution is -1.87. The van der Waals surface area contributed by atoms with Gasteiger partial charge in [0.15, 0.2) is 5.65 Å².